The van der Waals surface area contributed by atoms with Gasteiger partial charge < -0.3 is 15.5 Å². The quantitative estimate of drug-likeness (QED) is 0.654. The van der Waals surface area contributed by atoms with Crippen LogP contribution in [0.5, 0.6) is 0 Å². The number of amides is 2. The maximum absolute atomic E-state index is 12.0. The SMILES string of the molecule is NC(=O)c1oc2ccccc2c1CCCC(=O)NCCc1ccccc1. The first kappa shape index (κ1) is 17.7. The molecule has 3 rings (SSSR count). The Kier molecular flexibility index (Phi) is 5.69. The van der Waals surface area contributed by atoms with Crippen molar-refractivity contribution in [3.05, 3.63) is 71.5 Å². The summed E-state index contributed by atoms with van der Waals surface area (Å²) in [5.74, 6) is -0.381. The van der Waals surface area contributed by atoms with E-state index in [0.29, 0.717) is 31.4 Å². The molecule has 0 atom stereocenters. The summed E-state index contributed by atoms with van der Waals surface area (Å²) in [5, 5.41) is 3.81. The number of carbonyl (C=O) groups is 2. The summed E-state index contributed by atoms with van der Waals surface area (Å²) in [4.78, 5) is 23.6. The first-order valence-corrected chi connectivity index (χ1v) is 8.76. The third-order valence-corrected chi connectivity index (χ3v) is 4.33. The predicted octanol–water partition coefficient (Wildman–Crippen LogP) is 3.21. The molecule has 26 heavy (non-hydrogen) atoms. The number of hydrogen-bond donors (Lipinski definition) is 2. The molecule has 1 aromatic heterocycles. The minimum absolute atomic E-state index is 0.00866. The fraction of sp³-hybridized carbons (Fsp3) is 0.238. The number of benzene rings is 2. The number of furan rings is 1. The highest BCUT2D eigenvalue weighted by atomic mass is 16.3. The summed E-state index contributed by atoms with van der Waals surface area (Å²) in [6.45, 7) is 0.615. The average molecular weight is 350 g/mol. The van der Waals surface area contributed by atoms with Crippen molar-refractivity contribution in [2.45, 2.75) is 25.7 Å². The zero-order valence-corrected chi connectivity index (χ0v) is 14.5. The first-order valence-electron chi connectivity index (χ1n) is 8.76. The molecular formula is C21H22N2O3. The van der Waals surface area contributed by atoms with E-state index in [2.05, 4.69) is 5.32 Å². The minimum Gasteiger partial charge on any atom is -0.451 e. The Balaban J connectivity index is 1.51. The van der Waals surface area contributed by atoms with Gasteiger partial charge in [-0.3, -0.25) is 9.59 Å². The van der Waals surface area contributed by atoms with Crippen molar-refractivity contribution in [1.82, 2.24) is 5.32 Å². The molecule has 0 spiro atoms. The number of nitrogens with two attached hydrogens (primary N) is 1. The summed E-state index contributed by atoms with van der Waals surface area (Å²) in [7, 11) is 0. The molecule has 0 saturated heterocycles. The van der Waals surface area contributed by atoms with E-state index in [1.165, 1.54) is 5.56 Å². The monoisotopic (exact) mass is 350 g/mol. The van der Waals surface area contributed by atoms with Gasteiger partial charge in [-0.15, -0.1) is 0 Å². The molecule has 0 radical (unpaired) electrons. The third kappa shape index (κ3) is 4.30. The van der Waals surface area contributed by atoms with Crippen LogP contribution in [0.4, 0.5) is 0 Å². The van der Waals surface area contributed by atoms with Crippen molar-refractivity contribution >= 4 is 22.8 Å². The van der Waals surface area contributed by atoms with Crippen molar-refractivity contribution in [2.24, 2.45) is 5.73 Å². The highest BCUT2D eigenvalue weighted by molar-refractivity contribution is 5.98. The van der Waals surface area contributed by atoms with Crippen molar-refractivity contribution in [3.63, 3.8) is 0 Å². The van der Waals surface area contributed by atoms with E-state index < -0.39 is 5.91 Å². The summed E-state index contributed by atoms with van der Waals surface area (Å²) < 4.78 is 5.56. The molecule has 0 aliphatic rings. The van der Waals surface area contributed by atoms with Crippen LogP contribution in [0, 0.1) is 0 Å². The molecule has 5 heteroatoms. The Morgan fingerprint density at radius 3 is 2.46 bits per heavy atom. The summed E-state index contributed by atoms with van der Waals surface area (Å²) >= 11 is 0. The van der Waals surface area contributed by atoms with Crippen molar-refractivity contribution in [3.8, 4) is 0 Å². The number of aryl methyl sites for hydroxylation is 1. The summed E-state index contributed by atoms with van der Waals surface area (Å²) in [6.07, 6.45) is 2.40. The zero-order valence-electron chi connectivity index (χ0n) is 14.5. The number of carbonyl (C=O) groups excluding carboxylic acids is 2. The Bertz CT molecular complexity index is 900. The van der Waals surface area contributed by atoms with E-state index in [0.717, 1.165) is 17.4 Å². The van der Waals surface area contributed by atoms with Crippen molar-refractivity contribution < 1.29 is 14.0 Å². The highest BCUT2D eigenvalue weighted by Crippen LogP contribution is 2.27. The molecule has 0 saturated carbocycles. The van der Waals surface area contributed by atoms with Crippen LogP contribution < -0.4 is 11.1 Å². The maximum atomic E-state index is 12.0. The number of nitrogens with one attached hydrogen (secondary N) is 1. The maximum Gasteiger partial charge on any atom is 0.284 e. The third-order valence-electron chi connectivity index (χ3n) is 4.33. The topological polar surface area (TPSA) is 85.3 Å². The Morgan fingerprint density at radius 1 is 0.962 bits per heavy atom. The van der Waals surface area contributed by atoms with Gasteiger partial charge in [-0.05, 0) is 30.9 Å². The molecule has 134 valence electrons. The van der Waals surface area contributed by atoms with E-state index in [1.54, 1.807) is 0 Å². The van der Waals surface area contributed by atoms with Gasteiger partial charge in [-0.2, -0.15) is 0 Å². The molecule has 3 aromatic rings. The van der Waals surface area contributed by atoms with Gasteiger partial charge in [0.2, 0.25) is 5.91 Å². The number of para-hydroxylation sites is 1. The Labute approximate surface area is 152 Å². The smallest absolute Gasteiger partial charge is 0.284 e. The molecule has 0 fully saturated rings. The fourth-order valence-corrected chi connectivity index (χ4v) is 3.05. The molecule has 0 bridgehead atoms. The van der Waals surface area contributed by atoms with Crippen LogP contribution in [-0.2, 0) is 17.6 Å². The van der Waals surface area contributed by atoms with Crippen LogP contribution in [0.15, 0.2) is 59.0 Å². The standard InChI is InChI=1S/C21H22N2O3/c22-21(25)20-17(16-9-4-5-11-18(16)26-20)10-6-12-19(24)23-14-13-15-7-2-1-3-8-15/h1-5,7-9,11H,6,10,12-14H2,(H2,22,25)(H,23,24). The van der Waals surface area contributed by atoms with Crippen LogP contribution >= 0.6 is 0 Å². The largest absolute Gasteiger partial charge is 0.451 e. The lowest BCUT2D eigenvalue weighted by Gasteiger charge is -2.05. The minimum atomic E-state index is -0.580. The molecule has 0 unspecified atom stereocenters. The van der Waals surface area contributed by atoms with Crippen LogP contribution in [0.1, 0.15) is 34.5 Å². The van der Waals surface area contributed by atoms with E-state index in [-0.39, 0.29) is 11.7 Å². The zero-order chi connectivity index (χ0) is 18.4. The number of primary amides is 1. The van der Waals surface area contributed by atoms with Crippen LogP contribution in [0.2, 0.25) is 0 Å². The lowest BCUT2D eigenvalue weighted by atomic mass is 10.0. The predicted molar refractivity (Wildman–Crippen MR) is 101 cm³/mol. The van der Waals surface area contributed by atoms with E-state index in [1.807, 2.05) is 54.6 Å². The summed E-state index contributed by atoms with van der Waals surface area (Å²) in [6, 6.07) is 17.5. The van der Waals surface area contributed by atoms with E-state index in [9.17, 15) is 9.59 Å². The Hall–Kier alpha value is -3.08. The molecule has 0 aliphatic heterocycles. The van der Waals surface area contributed by atoms with Gasteiger partial charge in [0.25, 0.3) is 5.91 Å². The lowest BCUT2D eigenvalue weighted by Crippen LogP contribution is -2.25. The molecule has 2 amide bonds. The van der Waals surface area contributed by atoms with Crippen LogP contribution in [-0.4, -0.2) is 18.4 Å². The van der Waals surface area contributed by atoms with Gasteiger partial charge >= 0.3 is 0 Å². The normalized spacial score (nSPS) is 10.8. The van der Waals surface area contributed by atoms with Crippen LogP contribution in [0.25, 0.3) is 11.0 Å². The number of rotatable bonds is 8. The van der Waals surface area contributed by atoms with Gasteiger partial charge in [-0.25, -0.2) is 0 Å². The van der Waals surface area contributed by atoms with Crippen molar-refractivity contribution in [2.75, 3.05) is 6.54 Å². The Morgan fingerprint density at radius 2 is 1.69 bits per heavy atom. The second kappa shape index (κ2) is 8.34. The molecule has 0 aliphatic carbocycles. The van der Waals surface area contributed by atoms with Crippen LogP contribution in [0.3, 0.4) is 0 Å². The molecule has 2 aromatic carbocycles. The van der Waals surface area contributed by atoms with Gasteiger partial charge in [0.05, 0.1) is 0 Å². The first-order chi connectivity index (χ1) is 12.6. The van der Waals surface area contributed by atoms with E-state index >= 15 is 0 Å². The number of fused-ring (bicyclic) bond motifs is 1. The molecule has 1 heterocycles. The van der Waals surface area contributed by atoms with Gasteiger partial charge in [-0.1, -0.05) is 48.5 Å². The molecular weight excluding hydrogens is 328 g/mol. The average Bonchev–Trinajstić information content (AvgIpc) is 3.02. The van der Waals surface area contributed by atoms with Gasteiger partial charge in [0.1, 0.15) is 5.58 Å². The van der Waals surface area contributed by atoms with E-state index in [4.69, 9.17) is 10.2 Å². The lowest BCUT2D eigenvalue weighted by molar-refractivity contribution is -0.121. The highest BCUT2D eigenvalue weighted by Gasteiger charge is 2.18. The van der Waals surface area contributed by atoms with Gasteiger partial charge in [0.15, 0.2) is 5.76 Å². The molecule has 3 N–H and O–H groups in total. The second-order valence-corrected chi connectivity index (χ2v) is 6.21. The van der Waals surface area contributed by atoms with Crippen molar-refractivity contribution in [1.29, 1.82) is 0 Å². The number of hydrogen-bond acceptors (Lipinski definition) is 3. The second-order valence-electron chi connectivity index (χ2n) is 6.21. The van der Waals surface area contributed by atoms with Gasteiger partial charge in [0, 0.05) is 23.9 Å². The fourth-order valence-electron chi connectivity index (χ4n) is 3.05. The molecule has 5 nitrogen and oxygen atoms in total. The summed E-state index contributed by atoms with van der Waals surface area (Å²) in [5.41, 5.74) is 8.04.